The van der Waals surface area contributed by atoms with Gasteiger partial charge >= 0.3 is 5.92 Å². The maximum Gasteiger partial charge on any atom is 0.322 e. The van der Waals surface area contributed by atoms with Crippen LogP contribution in [0.3, 0.4) is 0 Å². The van der Waals surface area contributed by atoms with Crippen LogP contribution in [0, 0.1) is 0 Å². The molecule has 1 aromatic rings. The number of nitrogens with zero attached hydrogens (tertiary/aromatic N) is 2. The molecule has 0 aromatic carbocycles. The van der Waals surface area contributed by atoms with Gasteiger partial charge in [0.2, 0.25) is 0 Å². The summed E-state index contributed by atoms with van der Waals surface area (Å²) in [5, 5.41) is 1.91. The molecule has 0 atom stereocenters. The second kappa shape index (κ2) is 6.67. The Labute approximate surface area is 123 Å². The number of alkyl halides is 2. The molecule has 1 rings (SSSR count). The lowest BCUT2D eigenvalue weighted by Crippen LogP contribution is -2.31. The Morgan fingerprint density at radius 2 is 1.89 bits per heavy atom. The maximum atomic E-state index is 12.8. The average molecular weight is 330 g/mol. The van der Waals surface area contributed by atoms with Gasteiger partial charge in [-0.15, -0.1) is 0 Å². The zero-order valence-electron chi connectivity index (χ0n) is 10.1. The Hall–Kier alpha value is -0.660. The molecule has 9 heteroatoms. The standard InChI is InChI=1S/C10H11Cl2F2N3OS/c1-3-4-19-9-16-6(11)5(7(12)17-9)15-8(18)10(2,13)14/h3-4H2,1-2H3,(H,15,18). The maximum absolute atomic E-state index is 12.8. The third-order valence-corrected chi connectivity index (χ3v) is 3.47. The number of thioether (sulfide) groups is 1. The van der Waals surface area contributed by atoms with Crippen LogP contribution in [0.15, 0.2) is 5.16 Å². The zero-order valence-corrected chi connectivity index (χ0v) is 12.5. The highest BCUT2D eigenvalue weighted by molar-refractivity contribution is 7.99. The van der Waals surface area contributed by atoms with E-state index in [1.807, 2.05) is 12.2 Å². The van der Waals surface area contributed by atoms with E-state index in [1.54, 1.807) is 0 Å². The molecule has 0 spiro atoms. The summed E-state index contributed by atoms with van der Waals surface area (Å²) >= 11 is 12.9. The number of hydrogen-bond donors (Lipinski definition) is 1. The fraction of sp³-hybridized carbons (Fsp3) is 0.500. The predicted molar refractivity (Wildman–Crippen MR) is 72.3 cm³/mol. The number of hydrogen-bond acceptors (Lipinski definition) is 4. The summed E-state index contributed by atoms with van der Waals surface area (Å²) in [6.07, 6.45) is 0.907. The monoisotopic (exact) mass is 329 g/mol. The number of halogens is 4. The number of amides is 1. The summed E-state index contributed by atoms with van der Waals surface area (Å²) in [5.74, 6) is -4.29. The number of rotatable bonds is 5. The van der Waals surface area contributed by atoms with Gasteiger partial charge < -0.3 is 5.32 Å². The SMILES string of the molecule is CCCSc1nc(Cl)c(NC(=O)C(C)(F)F)c(Cl)n1. The average Bonchev–Trinajstić information content (AvgIpc) is 2.29. The lowest BCUT2D eigenvalue weighted by atomic mass is 10.3. The van der Waals surface area contributed by atoms with Crippen LogP contribution in [0.4, 0.5) is 14.5 Å². The molecule has 4 nitrogen and oxygen atoms in total. The number of nitrogens with one attached hydrogen (secondary N) is 1. The molecule has 0 fully saturated rings. The van der Waals surface area contributed by atoms with E-state index in [2.05, 4.69) is 9.97 Å². The first kappa shape index (κ1) is 16.4. The van der Waals surface area contributed by atoms with Gasteiger partial charge in [0.1, 0.15) is 5.69 Å². The van der Waals surface area contributed by atoms with Crippen molar-refractivity contribution in [3.63, 3.8) is 0 Å². The fourth-order valence-corrected chi connectivity index (χ4v) is 2.25. The van der Waals surface area contributed by atoms with Crippen molar-refractivity contribution >= 4 is 46.6 Å². The highest BCUT2D eigenvalue weighted by atomic mass is 35.5. The van der Waals surface area contributed by atoms with Crippen LogP contribution in [-0.4, -0.2) is 27.6 Å². The molecular weight excluding hydrogens is 319 g/mol. The summed E-state index contributed by atoms with van der Waals surface area (Å²) in [5.41, 5.74) is -0.212. The van der Waals surface area contributed by atoms with Crippen LogP contribution in [0.25, 0.3) is 0 Å². The van der Waals surface area contributed by atoms with Crippen LogP contribution in [-0.2, 0) is 4.79 Å². The third-order valence-electron chi connectivity index (χ3n) is 1.87. The summed E-state index contributed by atoms with van der Waals surface area (Å²) in [6.45, 7) is 2.45. The van der Waals surface area contributed by atoms with E-state index in [4.69, 9.17) is 23.2 Å². The van der Waals surface area contributed by atoms with Crippen molar-refractivity contribution in [1.82, 2.24) is 9.97 Å². The van der Waals surface area contributed by atoms with Crippen molar-refractivity contribution in [2.45, 2.75) is 31.3 Å². The van der Waals surface area contributed by atoms with Gasteiger partial charge in [-0.05, 0) is 6.42 Å². The number of carbonyl (C=O) groups is 1. The molecule has 0 bridgehead atoms. The zero-order chi connectivity index (χ0) is 14.6. The lowest BCUT2D eigenvalue weighted by Gasteiger charge is -2.13. The largest absolute Gasteiger partial charge is 0.322 e. The van der Waals surface area contributed by atoms with Gasteiger partial charge in [0.15, 0.2) is 15.5 Å². The summed E-state index contributed by atoms with van der Waals surface area (Å²) in [6, 6.07) is 0. The first-order valence-electron chi connectivity index (χ1n) is 5.30. The van der Waals surface area contributed by atoms with Crippen LogP contribution >= 0.6 is 35.0 Å². The van der Waals surface area contributed by atoms with Gasteiger partial charge in [-0.2, -0.15) is 8.78 Å². The predicted octanol–water partition coefficient (Wildman–Crippen LogP) is 3.88. The van der Waals surface area contributed by atoms with E-state index >= 15 is 0 Å². The fourth-order valence-electron chi connectivity index (χ4n) is 0.974. The Morgan fingerprint density at radius 1 is 1.37 bits per heavy atom. The smallest absolute Gasteiger partial charge is 0.316 e. The van der Waals surface area contributed by atoms with Crippen LogP contribution in [0.5, 0.6) is 0 Å². The molecule has 1 aromatic heterocycles. The molecule has 19 heavy (non-hydrogen) atoms. The quantitative estimate of drug-likeness (QED) is 0.506. The van der Waals surface area contributed by atoms with Crippen molar-refractivity contribution in [3.05, 3.63) is 10.3 Å². The molecule has 1 N–H and O–H groups in total. The molecule has 1 amide bonds. The minimum Gasteiger partial charge on any atom is -0.316 e. The van der Waals surface area contributed by atoms with Crippen molar-refractivity contribution in [2.75, 3.05) is 11.1 Å². The highest BCUT2D eigenvalue weighted by Gasteiger charge is 2.33. The molecule has 1 heterocycles. The summed E-state index contributed by atoms with van der Waals surface area (Å²) < 4.78 is 25.5. The second-order valence-corrected chi connectivity index (χ2v) is 5.43. The van der Waals surface area contributed by atoms with Gasteiger partial charge in [-0.25, -0.2) is 9.97 Å². The lowest BCUT2D eigenvalue weighted by molar-refractivity contribution is -0.137. The number of aromatic nitrogens is 2. The van der Waals surface area contributed by atoms with Crippen molar-refractivity contribution < 1.29 is 13.6 Å². The molecule has 0 radical (unpaired) electrons. The Morgan fingerprint density at radius 3 is 2.32 bits per heavy atom. The van der Waals surface area contributed by atoms with Crippen LogP contribution in [0.2, 0.25) is 10.3 Å². The summed E-state index contributed by atoms with van der Waals surface area (Å²) in [4.78, 5) is 18.9. The van der Waals surface area contributed by atoms with Crippen molar-refractivity contribution in [3.8, 4) is 0 Å². The molecule has 0 saturated heterocycles. The molecule has 0 unspecified atom stereocenters. The van der Waals surface area contributed by atoms with E-state index in [-0.39, 0.29) is 16.0 Å². The van der Waals surface area contributed by atoms with E-state index in [1.165, 1.54) is 11.8 Å². The Balaban J connectivity index is 2.94. The van der Waals surface area contributed by atoms with Gasteiger partial charge in [0.25, 0.3) is 5.91 Å². The van der Waals surface area contributed by atoms with E-state index < -0.39 is 11.8 Å². The second-order valence-electron chi connectivity index (χ2n) is 3.65. The van der Waals surface area contributed by atoms with E-state index in [9.17, 15) is 13.6 Å². The molecular formula is C10H11Cl2F2N3OS. The molecule has 0 aliphatic heterocycles. The van der Waals surface area contributed by atoms with Crippen molar-refractivity contribution in [1.29, 1.82) is 0 Å². The topological polar surface area (TPSA) is 54.9 Å². The van der Waals surface area contributed by atoms with Gasteiger partial charge in [0.05, 0.1) is 0 Å². The molecule has 0 aliphatic rings. The Kier molecular flexibility index (Phi) is 5.76. The third kappa shape index (κ3) is 4.74. The van der Waals surface area contributed by atoms with Gasteiger partial charge in [-0.1, -0.05) is 41.9 Å². The number of anilines is 1. The van der Waals surface area contributed by atoms with E-state index in [0.717, 1.165) is 12.2 Å². The first-order chi connectivity index (χ1) is 8.75. The minimum atomic E-state index is -3.54. The first-order valence-corrected chi connectivity index (χ1v) is 7.05. The van der Waals surface area contributed by atoms with Crippen LogP contribution < -0.4 is 5.32 Å². The number of carbonyl (C=O) groups excluding carboxylic acids is 1. The molecule has 0 saturated carbocycles. The minimum absolute atomic E-state index is 0.170. The van der Waals surface area contributed by atoms with Gasteiger partial charge in [0, 0.05) is 12.7 Å². The normalized spacial score (nSPS) is 11.5. The molecule has 106 valence electrons. The summed E-state index contributed by atoms with van der Waals surface area (Å²) in [7, 11) is 0. The highest BCUT2D eigenvalue weighted by Crippen LogP contribution is 2.31. The molecule has 0 aliphatic carbocycles. The Bertz CT molecular complexity index is 459. The van der Waals surface area contributed by atoms with Gasteiger partial charge in [-0.3, -0.25) is 4.79 Å². The van der Waals surface area contributed by atoms with E-state index in [0.29, 0.717) is 12.1 Å². The van der Waals surface area contributed by atoms with Crippen LogP contribution in [0.1, 0.15) is 20.3 Å². The van der Waals surface area contributed by atoms with Crippen molar-refractivity contribution in [2.24, 2.45) is 0 Å².